The van der Waals surface area contributed by atoms with Crippen LogP contribution >= 0.6 is 38.9 Å². The molecule has 0 aliphatic carbocycles. The molecule has 96 valence electrons. The van der Waals surface area contributed by atoms with Gasteiger partial charge in [0.2, 0.25) is 0 Å². The Labute approximate surface area is 122 Å². The quantitative estimate of drug-likeness (QED) is 0.572. The molecule has 0 radical (unpaired) electrons. The maximum atomic E-state index is 5.87. The second-order valence-electron chi connectivity index (χ2n) is 3.41. The van der Waals surface area contributed by atoms with Crippen LogP contribution in [-0.2, 0) is 6.42 Å². The molecule has 8 heteroatoms. The van der Waals surface area contributed by atoms with Crippen molar-refractivity contribution >= 4 is 50.5 Å². The van der Waals surface area contributed by atoms with E-state index in [9.17, 15) is 0 Å². The molecule has 4 N–H and O–H groups in total. The zero-order valence-electron chi connectivity index (χ0n) is 9.28. The number of halogens is 2. The van der Waals surface area contributed by atoms with Crippen LogP contribution in [0.4, 0.5) is 11.6 Å². The van der Waals surface area contributed by atoms with Crippen molar-refractivity contribution in [1.29, 1.82) is 0 Å². The van der Waals surface area contributed by atoms with Crippen molar-refractivity contribution < 1.29 is 0 Å². The zero-order valence-corrected chi connectivity index (χ0v) is 12.4. The second-order valence-corrected chi connectivity index (χ2v) is 6.00. The summed E-state index contributed by atoms with van der Waals surface area (Å²) in [6.45, 7) is 0.760. The van der Waals surface area contributed by atoms with Crippen molar-refractivity contribution in [3.63, 3.8) is 0 Å². The number of aromatic nitrogens is 2. The van der Waals surface area contributed by atoms with E-state index in [0.29, 0.717) is 11.6 Å². The first kappa shape index (κ1) is 13.5. The number of hydrogen-bond acceptors (Lipinski definition) is 6. The van der Waals surface area contributed by atoms with Gasteiger partial charge in [-0.05, 0) is 34.5 Å². The number of anilines is 2. The fourth-order valence-corrected chi connectivity index (χ4v) is 2.93. The summed E-state index contributed by atoms with van der Waals surface area (Å²) in [5.74, 6) is 6.59. The van der Waals surface area contributed by atoms with Crippen LogP contribution in [0.1, 0.15) is 4.88 Å². The maximum absolute atomic E-state index is 5.87. The van der Waals surface area contributed by atoms with Crippen molar-refractivity contribution in [3.8, 4) is 0 Å². The molecule has 2 aromatic heterocycles. The lowest BCUT2D eigenvalue weighted by molar-refractivity contribution is 1.01. The fraction of sp³-hybridized carbons (Fsp3) is 0.200. The maximum Gasteiger partial charge on any atom is 0.159 e. The van der Waals surface area contributed by atoms with Gasteiger partial charge in [-0.2, -0.15) is 0 Å². The molecule has 5 nitrogen and oxygen atoms in total. The highest BCUT2D eigenvalue weighted by Crippen LogP contribution is 2.26. The monoisotopic (exact) mass is 347 g/mol. The SMILES string of the molecule is NNc1ncnc(NCCc2ccc(Cl)s2)c1Br. The van der Waals surface area contributed by atoms with E-state index >= 15 is 0 Å². The van der Waals surface area contributed by atoms with Gasteiger partial charge in [-0.15, -0.1) is 11.3 Å². The molecule has 2 aromatic rings. The minimum atomic E-state index is 0.548. The van der Waals surface area contributed by atoms with Gasteiger partial charge in [-0.1, -0.05) is 11.6 Å². The summed E-state index contributed by atoms with van der Waals surface area (Å²) < 4.78 is 1.53. The Bertz CT molecular complexity index is 533. The average Bonchev–Trinajstić information content (AvgIpc) is 2.77. The largest absolute Gasteiger partial charge is 0.369 e. The van der Waals surface area contributed by atoms with Gasteiger partial charge in [0, 0.05) is 11.4 Å². The first-order valence-corrected chi connectivity index (χ1v) is 7.14. The molecular formula is C10H11BrClN5S. The highest BCUT2D eigenvalue weighted by Gasteiger charge is 2.07. The van der Waals surface area contributed by atoms with Crippen LogP contribution < -0.4 is 16.6 Å². The average molecular weight is 349 g/mol. The second kappa shape index (κ2) is 6.33. The molecule has 0 fully saturated rings. The van der Waals surface area contributed by atoms with Crippen LogP contribution in [-0.4, -0.2) is 16.5 Å². The predicted octanol–water partition coefficient (Wildman–Crippen LogP) is 2.89. The molecule has 2 rings (SSSR count). The number of hydrazine groups is 1. The summed E-state index contributed by atoms with van der Waals surface area (Å²) in [4.78, 5) is 9.34. The normalized spacial score (nSPS) is 10.4. The number of thiophene rings is 1. The van der Waals surface area contributed by atoms with Gasteiger partial charge in [-0.25, -0.2) is 15.8 Å². The van der Waals surface area contributed by atoms with Gasteiger partial charge in [0.15, 0.2) is 5.82 Å². The van der Waals surface area contributed by atoms with Crippen LogP contribution in [0.3, 0.4) is 0 Å². The number of nitrogens with zero attached hydrogens (tertiary/aromatic N) is 2. The summed E-state index contributed by atoms with van der Waals surface area (Å²) in [5.41, 5.74) is 2.49. The summed E-state index contributed by atoms with van der Waals surface area (Å²) in [5, 5.41) is 3.22. The predicted molar refractivity (Wildman–Crippen MR) is 79.1 cm³/mol. The lowest BCUT2D eigenvalue weighted by atomic mass is 10.3. The zero-order chi connectivity index (χ0) is 13.0. The summed E-state index contributed by atoms with van der Waals surface area (Å²) in [6.07, 6.45) is 2.34. The van der Waals surface area contributed by atoms with Crippen LogP contribution in [0.25, 0.3) is 0 Å². The highest BCUT2D eigenvalue weighted by atomic mass is 79.9. The molecule has 18 heavy (non-hydrogen) atoms. The number of hydrogen-bond donors (Lipinski definition) is 3. The van der Waals surface area contributed by atoms with Crippen molar-refractivity contribution in [2.45, 2.75) is 6.42 Å². The summed E-state index contributed by atoms with van der Waals surface area (Å²) >= 11 is 10.8. The van der Waals surface area contributed by atoms with Crippen LogP contribution in [0.15, 0.2) is 22.9 Å². The molecular weight excluding hydrogens is 338 g/mol. The molecule has 0 spiro atoms. The van der Waals surface area contributed by atoms with E-state index in [4.69, 9.17) is 17.4 Å². The van der Waals surface area contributed by atoms with Gasteiger partial charge in [0.05, 0.1) is 4.34 Å². The molecule has 0 aliphatic rings. The minimum Gasteiger partial charge on any atom is -0.369 e. The lowest BCUT2D eigenvalue weighted by Gasteiger charge is -2.09. The Hall–Kier alpha value is -0.890. The lowest BCUT2D eigenvalue weighted by Crippen LogP contribution is -2.12. The van der Waals surface area contributed by atoms with E-state index in [1.807, 2.05) is 12.1 Å². The third-order valence-corrected chi connectivity index (χ3v) is 4.26. The molecule has 0 bridgehead atoms. The Morgan fingerprint density at radius 1 is 1.33 bits per heavy atom. The summed E-state index contributed by atoms with van der Waals surface area (Å²) in [6, 6.07) is 3.93. The van der Waals surface area contributed by atoms with Crippen LogP contribution in [0, 0.1) is 0 Å². The third kappa shape index (κ3) is 3.32. The third-order valence-electron chi connectivity index (χ3n) is 2.22. The molecule has 0 aromatic carbocycles. The Kier molecular flexibility index (Phi) is 4.76. The number of nitrogens with two attached hydrogens (primary N) is 1. The van der Waals surface area contributed by atoms with Gasteiger partial charge in [-0.3, -0.25) is 0 Å². The molecule has 0 aliphatic heterocycles. The molecule has 0 unspecified atom stereocenters. The topological polar surface area (TPSA) is 75.9 Å². The van der Waals surface area contributed by atoms with Crippen molar-refractivity contribution in [2.24, 2.45) is 5.84 Å². The Morgan fingerprint density at radius 2 is 2.11 bits per heavy atom. The Balaban J connectivity index is 1.94. The van der Waals surface area contributed by atoms with Gasteiger partial charge < -0.3 is 10.7 Å². The fourth-order valence-electron chi connectivity index (χ4n) is 1.38. The number of nitrogens with one attached hydrogen (secondary N) is 2. The van der Waals surface area contributed by atoms with E-state index in [0.717, 1.165) is 21.8 Å². The number of rotatable bonds is 5. The van der Waals surface area contributed by atoms with E-state index < -0.39 is 0 Å². The molecule has 0 saturated carbocycles. The van der Waals surface area contributed by atoms with Crippen molar-refractivity contribution in [1.82, 2.24) is 9.97 Å². The van der Waals surface area contributed by atoms with Crippen molar-refractivity contribution in [3.05, 3.63) is 32.1 Å². The van der Waals surface area contributed by atoms with E-state index in [1.165, 1.54) is 11.2 Å². The summed E-state index contributed by atoms with van der Waals surface area (Å²) in [7, 11) is 0. The van der Waals surface area contributed by atoms with Gasteiger partial charge >= 0.3 is 0 Å². The first-order chi connectivity index (χ1) is 8.70. The van der Waals surface area contributed by atoms with E-state index in [1.54, 1.807) is 11.3 Å². The van der Waals surface area contributed by atoms with E-state index in [-0.39, 0.29) is 0 Å². The molecule has 0 amide bonds. The van der Waals surface area contributed by atoms with Crippen molar-refractivity contribution in [2.75, 3.05) is 17.3 Å². The van der Waals surface area contributed by atoms with Gasteiger partial charge in [0.1, 0.15) is 16.6 Å². The van der Waals surface area contributed by atoms with E-state index in [2.05, 4.69) is 36.6 Å². The number of nitrogen functional groups attached to an aromatic ring is 1. The minimum absolute atomic E-state index is 0.548. The first-order valence-electron chi connectivity index (χ1n) is 5.16. The molecule has 2 heterocycles. The molecule has 0 saturated heterocycles. The standard InChI is InChI=1S/C10H11BrClN5S/c11-8-9(15-5-16-10(8)17-13)14-4-3-6-1-2-7(12)18-6/h1-2,5H,3-4,13H2,(H2,14,15,16,17). The van der Waals surface area contributed by atoms with Crippen LogP contribution in [0.2, 0.25) is 4.34 Å². The smallest absolute Gasteiger partial charge is 0.159 e. The Morgan fingerprint density at radius 3 is 2.78 bits per heavy atom. The highest BCUT2D eigenvalue weighted by molar-refractivity contribution is 9.10. The van der Waals surface area contributed by atoms with Gasteiger partial charge in [0.25, 0.3) is 0 Å². The molecule has 0 atom stereocenters. The van der Waals surface area contributed by atoms with Crippen LogP contribution in [0.5, 0.6) is 0 Å².